The van der Waals surface area contributed by atoms with Crippen LogP contribution >= 0.6 is 22.6 Å². The highest BCUT2D eigenvalue weighted by molar-refractivity contribution is 14.1. The molecule has 0 aliphatic rings. The normalized spacial score (nSPS) is 10.5. The number of carbonyl (C=O) groups is 1. The third-order valence-electron chi connectivity index (χ3n) is 2.90. The molecule has 0 fully saturated rings. The van der Waals surface area contributed by atoms with Crippen molar-refractivity contribution in [3.63, 3.8) is 0 Å². The molecule has 0 saturated heterocycles. The first-order chi connectivity index (χ1) is 9.81. The van der Waals surface area contributed by atoms with Gasteiger partial charge in [-0.2, -0.15) is 4.39 Å². The van der Waals surface area contributed by atoms with Crippen molar-refractivity contribution in [2.24, 2.45) is 5.73 Å². The van der Waals surface area contributed by atoms with Gasteiger partial charge in [0.05, 0.1) is 11.3 Å². The van der Waals surface area contributed by atoms with Gasteiger partial charge in [-0.1, -0.05) is 0 Å². The van der Waals surface area contributed by atoms with Gasteiger partial charge in [0.15, 0.2) is 11.6 Å². The molecule has 0 spiro atoms. The first kappa shape index (κ1) is 15.5. The molecule has 4 N–H and O–H groups in total. The van der Waals surface area contributed by atoms with E-state index in [1.807, 2.05) is 6.07 Å². The summed E-state index contributed by atoms with van der Waals surface area (Å²) in [6, 6.07) is 6.08. The number of primary amides is 1. The van der Waals surface area contributed by atoms with E-state index >= 15 is 0 Å². The molecule has 0 bridgehead atoms. The third kappa shape index (κ3) is 3.07. The summed E-state index contributed by atoms with van der Waals surface area (Å²) < 4.78 is 28.4. The Kier molecular flexibility index (Phi) is 4.31. The lowest BCUT2D eigenvalue weighted by Gasteiger charge is -2.14. The van der Waals surface area contributed by atoms with Crippen LogP contribution in [0.15, 0.2) is 24.3 Å². The minimum absolute atomic E-state index is 0.329. The molecule has 2 rings (SSSR count). The highest BCUT2D eigenvalue weighted by atomic mass is 127. The molecule has 4 nitrogen and oxygen atoms in total. The number of hydrogen-bond donors (Lipinski definition) is 3. The number of halogens is 3. The lowest BCUT2D eigenvalue weighted by Crippen LogP contribution is -2.15. The molecule has 0 unspecified atom stereocenters. The molecule has 2 aromatic rings. The Bertz CT molecular complexity index is 735. The van der Waals surface area contributed by atoms with Gasteiger partial charge in [-0.05, 0) is 59.3 Å². The minimum Gasteiger partial charge on any atom is -0.505 e. The maximum Gasteiger partial charge on any atom is 0.251 e. The number of carbonyl (C=O) groups excluding carboxylic acids is 1. The van der Waals surface area contributed by atoms with E-state index in [9.17, 15) is 18.7 Å². The van der Waals surface area contributed by atoms with Gasteiger partial charge in [0.2, 0.25) is 5.82 Å². The number of phenolic OH excluding ortho intramolecular Hbond substituents is 1. The molecule has 1 amide bonds. The first-order valence-electron chi connectivity index (χ1n) is 5.85. The summed E-state index contributed by atoms with van der Waals surface area (Å²) in [5.74, 6) is -4.74. The standard InChI is InChI=1S/C14H11F2IN2O2/c1-6-4-7(17)2-3-9(6)19-13-8(14(18)21)5-10(20)11(15)12(13)16/h2-5,19-20H,1H3,(H2,18,21). The highest BCUT2D eigenvalue weighted by Gasteiger charge is 2.21. The van der Waals surface area contributed by atoms with Crippen LogP contribution in [-0.2, 0) is 0 Å². The number of nitrogens with one attached hydrogen (secondary N) is 1. The lowest BCUT2D eigenvalue weighted by atomic mass is 10.1. The van der Waals surface area contributed by atoms with Crippen LogP contribution < -0.4 is 11.1 Å². The van der Waals surface area contributed by atoms with Crippen molar-refractivity contribution in [1.29, 1.82) is 0 Å². The second kappa shape index (κ2) is 5.84. The van der Waals surface area contributed by atoms with Crippen molar-refractivity contribution in [2.45, 2.75) is 6.92 Å². The molecule has 21 heavy (non-hydrogen) atoms. The molecule has 7 heteroatoms. The minimum atomic E-state index is -1.44. The Balaban J connectivity index is 2.57. The number of benzene rings is 2. The molecular formula is C14H11F2IN2O2. The number of rotatable bonds is 3. The highest BCUT2D eigenvalue weighted by Crippen LogP contribution is 2.32. The monoisotopic (exact) mass is 404 g/mol. The molecule has 2 aromatic carbocycles. The molecule has 0 aliphatic carbocycles. The van der Waals surface area contributed by atoms with Crippen LogP contribution in [0.25, 0.3) is 0 Å². The Morgan fingerprint density at radius 3 is 2.52 bits per heavy atom. The van der Waals surface area contributed by atoms with E-state index < -0.39 is 29.0 Å². The number of aromatic hydroxyl groups is 1. The van der Waals surface area contributed by atoms with Crippen LogP contribution in [0.2, 0.25) is 0 Å². The van der Waals surface area contributed by atoms with E-state index in [0.29, 0.717) is 5.69 Å². The summed E-state index contributed by atoms with van der Waals surface area (Å²) in [4.78, 5) is 11.3. The van der Waals surface area contributed by atoms with Crippen molar-refractivity contribution < 1.29 is 18.7 Å². The van der Waals surface area contributed by atoms with Crippen LogP contribution in [0, 0.1) is 22.1 Å². The van der Waals surface area contributed by atoms with Gasteiger partial charge >= 0.3 is 0 Å². The van der Waals surface area contributed by atoms with Crippen LogP contribution in [0.4, 0.5) is 20.2 Å². The molecular weight excluding hydrogens is 393 g/mol. The smallest absolute Gasteiger partial charge is 0.251 e. The second-order valence-corrected chi connectivity index (χ2v) is 5.64. The molecule has 0 aliphatic heterocycles. The summed E-state index contributed by atoms with van der Waals surface area (Å²) in [5, 5.41) is 11.9. The van der Waals surface area contributed by atoms with Gasteiger partial charge in [-0.3, -0.25) is 4.79 Å². The molecule has 0 atom stereocenters. The number of nitrogens with two attached hydrogens (primary N) is 1. The molecule has 110 valence electrons. The van der Waals surface area contributed by atoms with Crippen molar-refractivity contribution in [1.82, 2.24) is 0 Å². The lowest BCUT2D eigenvalue weighted by molar-refractivity contribution is 0.1000. The number of hydrogen-bond acceptors (Lipinski definition) is 3. The molecule has 0 saturated carbocycles. The average molecular weight is 404 g/mol. The van der Waals surface area contributed by atoms with Crippen LogP contribution in [-0.4, -0.2) is 11.0 Å². The summed E-state index contributed by atoms with van der Waals surface area (Å²) >= 11 is 2.12. The number of aryl methyl sites for hydroxylation is 1. The fourth-order valence-corrected chi connectivity index (χ4v) is 2.48. The summed E-state index contributed by atoms with van der Waals surface area (Å²) in [7, 11) is 0. The fourth-order valence-electron chi connectivity index (χ4n) is 1.83. The van der Waals surface area contributed by atoms with Gasteiger partial charge in [0.25, 0.3) is 5.91 Å². The Morgan fingerprint density at radius 1 is 1.29 bits per heavy atom. The van der Waals surface area contributed by atoms with Crippen LogP contribution in [0.1, 0.15) is 15.9 Å². The van der Waals surface area contributed by atoms with Gasteiger partial charge in [0.1, 0.15) is 0 Å². The van der Waals surface area contributed by atoms with Gasteiger partial charge in [-0.15, -0.1) is 0 Å². The van der Waals surface area contributed by atoms with Crippen LogP contribution in [0.3, 0.4) is 0 Å². The number of amides is 1. The summed E-state index contributed by atoms with van der Waals surface area (Å²) in [6.07, 6.45) is 0. The zero-order valence-electron chi connectivity index (χ0n) is 10.9. The van der Waals surface area contributed by atoms with Crippen molar-refractivity contribution in [3.05, 3.63) is 50.6 Å². The largest absolute Gasteiger partial charge is 0.505 e. The Labute approximate surface area is 133 Å². The zero-order valence-corrected chi connectivity index (χ0v) is 13.0. The summed E-state index contributed by atoms with van der Waals surface area (Å²) in [5.41, 5.74) is 5.69. The number of anilines is 2. The second-order valence-electron chi connectivity index (χ2n) is 4.39. The molecule has 0 radical (unpaired) electrons. The van der Waals surface area contributed by atoms with E-state index in [0.717, 1.165) is 15.2 Å². The predicted octanol–water partition coefficient (Wildman–Crippen LogP) is 3.43. The van der Waals surface area contributed by atoms with E-state index in [4.69, 9.17) is 5.73 Å². The maximum atomic E-state index is 14.0. The average Bonchev–Trinajstić information content (AvgIpc) is 2.41. The summed E-state index contributed by atoms with van der Waals surface area (Å²) in [6.45, 7) is 1.78. The van der Waals surface area contributed by atoms with Crippen molar-refractivity contribution >= 4 is 39.9 Å². The van der Waals surface area contributed by atoms with E-state index in [1.165, 1.54) is 0 Å². The fraction of sp³-hybridized carbons (Fsp3) is 0.0714. The SMILES string of the molecule is Cc1cc(I)ccc1Nc1c(C(N)=O)cc(O)c(F)c1F. The number of phenols is 1. The Morgan fingerprint density at radius 2 is 1.95 bits per heavy atom. The van der Waals surface area contributed by atoms with Gasteiger partial charge in [-0.25, -0.2) is 4.39 Å². The molecule has 0 heterocycles. The van der Waals surface area contributed by atoms with E-state index in [1.54, 1.807) is 19.1 Å². The van der Waals surface area contributed by atoms with Gasteiger partial charge in [0, 0.05) is 9.26 Å². The van der Waals surface area contributed by atoms with Crippen LogP contribution in [0.5, 0.6) is 5.75 Å². The third-order valence-corrected chi connectivity index (χ3v) is 3.57. The van der Waals surface area contributed by atoms with E-state index in [-0.39, 0.29) is 5.56 Å². The van der Waals surface area contributed by atoms with Crippen molar-refractivity contribution in [3.8, 4) is 5.75 Å². The zero-order chi connectivity index (χ0) is 15.7. The first-order valence-corrected chi connectivity index (χ1v) is 6.93. The van der Waals surface area contributed by atoms with Crippen molar-refractivity contribution in [2.75, 3.05) is 5.32 Å². The molecule has 0 aromatic heterocycles. The predicted molar refractivity (Wildman–Crippen MR) is 83.7 cm³/mol. The van der Waals surface area contributed by atoms with Gasteiger partial charge < -0.3 is 16.2 Å². The maximum absolute atomic E-state index is 14.0. The van der Waals surface area contributed by atoms with E-state index in [2.05, 4.69) is 27.9 Å². The Hall–Kier alpha value is -1.90. The topological polar surface area (TPSA) is 75.3 Å². The quantitative estimate of drug-likeness (QED) is 0.542.